The second-order valence-corrected chi connectivity index (χ2v) is 3.23. The summed E-state index contributed by atoms with van der Waals surface area (Å²) in [6.07, 6.45) is 8.04. The van der Waals surface area contributed by atoms with Crippen LogP contribution in [0.15, 0.2) is 29.0 Å². The Morgan fingerprint density at radius 1 is 1.64 bits per heavy atom. The molecule has 0 aromatic heterocycles. The summed E-state index contributed by atoms with van der Waals surface area (Å²) in [6.45, 7) is 4.21. The Kier molecular flexibility index (Phi) is 1.19. The fourth-order valence-corrected chi connectivity index (χ4v) is 1.44. The highest BCUT2D eigenvalue weighted by Gasteiger charge is 2.40. The number of nitrogens with zero attached hydrogens (tertiary/aromatic N) is 1. The van der Waals surface area contributed by atoms with Gasteiger partial charge in [0.1, 0.15) is 0 Å². The van der Waals surface area contributed by atoms with Crippen molar-refractivity contribution >= 4 is 6.21 Å². The third-order valence-corrected chi connectivity index (χ3v) is 2.55. The normalized spacial score (nSPS) is 39.8. The van der Waals surface area contributed by atoms with Crippen LogP contribution in [0.25, 0.3) is 0 Å². The zero-order valence-corrected chi connectivity index (χ0v) is 6.74. The van der Waals surface area contributed by atoms with E-state index in [4.69, 9.17) is 4.84 Å². The molecule has 0 fully saturated rings. The molecule has 0 spiro atoms. The third-order valence-electron chi connectivity index (χ3n) is 2.55. The van der Waals surface area contributed by atoms with E-state index in [-0.39, 0.29) is 5.60 Å². The summed E-state index contributed by atoms with van der Waals surface area (Å²) in [5.74, 6) is 0.407. The quantitative estimate of drug-likeness (QED) is 0.515. The van der Waals surface area contributed by atoms with Gasteiger partial charge in [-0.1, -0.05) is 30.3 Å². The predicted molar refractivity (Wildman–Crippen MR) is 44.4 cm³/mol. The molecule has 2 heteroatoms. The molecule has 58 valence electrons. The molecule has 1 unspecified atom stereocenters. The van der Waals surface area contributed by atoms with Crippen molar-refractivity contribution in [3.63, 3.8) is 0 Å². The Labute approximate surface area is 66.2 Å². The van der Waals surface area contributed by atoms with Gasteiger partial charge in [0, 0.05) is 11.5 Å². The number of oxime groups is 1. The van der Waals surface area contributed by atoms with Gasteiger partial charge >= 0.3 is 0 Å². The lowest BCUT2D eigenvalue weighted by Gasteiger charge is -2.29. The number of allylic oxidation sites excluding steroid dienone is 2. The van der Waals surface area contributed by atoms with Crippen LogP contribution in [0.3, 0.4) is 0 Å². The SMILES string of the molecule is CC1C=CC=C2C=NO[C@@]21C. The predicted octanol–water partition coefficient (Wildman–Crippen LogP) is 1.89. The van der Waals surface area contributed by atoms with Gasteiger partial charge in [0.05, 0.1) is 6.21 Å². The summed E-state index contributed by atoms with van der Waals surface area (Å²) in [7, 11) is 0. The number of rotatable bonds is 0. The van der Waals surface area contributed by atoms with Crippen molar-refractivity contribution < 1.29 is 4.84 Å². The van der Waals surface area contributed by atoms with Crippen molar-refractivity contribution in [1.82, 2.24) is 0 Å². The van der Waals surface area contributed by atoms with Gasteiger partial charge in [-0.3, -0.25) is 0 Å². The number of hydrogen-bond acceptors (Lipinski definition) is 2. The Morgan fingerprint density at radius 3 is 3.18 bits per heavy atom. The van der Waals surface area contributed by atoms with Crippen LogP contribution in [0, 0.1) is 5.92 Å². The minimum absolute atomic E-state index is 0.200. The molecule has 2 nitrogen and oxygen atoms in total. The second-order valence-electron chi connectivity index (χ2n) is 3.23. The summed E-state index contributed by atoms with van der Waals surface area (Å²) in [4.78, 5) is 5.31. The first-order valence-electron chi connectivity index (χ1n) is 3.84. The highest BCUT2D eigenvalue weighted by Crippen LogP contribution is 2.36. The van der Waals surface area contributed by atoms with Gasteiger partial charge in [0.15, 0.2) is 5.60 Å². The van der Waals surface area contributed by atoms with Crippen LogP contribution >= 0.6 is 0 Å². The summed E-state index contributed by atoms with van der Waals surface area (Å²) >= 11 is 0. The molecular weight excluding hydrogens is 138 g/mol. The van der Waals surface area contributed by atoms with E-state index in [1.165, 1.54) is 5.57 Å². The minimum Gasteiger partial charge on any atom is -0.384 e. The van der Waals surface area contributed by atoms with Crippen molar-refractivity contribution in [3.8, 4) is 0 Å². The Morgan fingerprint density at radius 2 is 2.45 bits per heavy atom. The highest BCUT2D eigenvalue weighted by atomic mass is 16.7. The maximum Gasteiger partial charge on any atom is 0.167 e. The molecule has 2 rings (SSSR count). The van der Waals surface area contributed by atoms with Crippen LogP contribution < -0.4 is 0 Å². The molecule has 0 saturated carbocycles. The van der Waals surface area contributed by atoms with Gasteiger partial charge < -0.3 is 4.84 Å². The third kappa shape index (κ3) is 0.754. The first kappa shape index (κ1) is 6.65. The zero-order chi connectivity index (χ0) is 7.90. The van der Waals surface area contributed by atoms with Gasteiger partial charge in [-0.15, -0.1) is 0 Å². The molecule has 11 heavy (non-hydrogen) atoms. The number of fused-ring (bicyclic) bond motifs is 1. The van der Waals surface area contributed by atoms with Gasteiger partial charge in [0.2, 0.25) is 0 Å². The van der Waals surface area contributed by atoms with Crippen molar-refractivity contribution in [2.45, 2.75) is 19.4 Å². The van der Waals surface area contributed by atoms with E-state index >= 15 is 0 Å². The fraction of sp³-hybridized carbons (Fsp3) is 0.444. The average molecular weight is 149 g/mol. The molecule has 0 aromatic rings. The molecule has 0 bridgehead atoms. The van der Waals surface area contributed by atoms with Crippen molar-refractivity contribution in [2.24, 2.45) is 11.1 Å². The topological polar surface area (TPSA) is 21.6 Å². The van der Waals surface area contributed by atoms with E-state index in [0.717, 1.165) is 0 Å². The van der Waals surface area contributed by atoms with Crippen LogP contribution in [0.4, 0.5) is 0 Å². The molecule has 1 aliphatic heterocycles. The largest absolute Gasteiger partial charge is 0.384 e. The average Bonchev–Trinajstić information content (AvgIpc) is 2.34. The summed E-state index contributed by atoms with van der Waals surface area (Å²) in [5, 5.41) is 3.82. The maximum absolute atomic E-state index is 5.31. The van der Waals surface area contributed by atoms with E-state index in [1.54, 1.807) is 6.21 Å². The second kappa shape index (κ2) is 1.97. The van der Waals surface area contributed by atoms with E-state index in [1.807, 2.05) is 0 Å². The fourth-order valence-electron chi connectivity index (χ4n) is 1.44. The standard InChI is InChI=1S/C9H11NO/c1-7-4-3-5-8-6-10-11-9(7,8)2/h3-7H,1-2H3/t7?,9-/m1/s1. The highest BCUT2D eigenvalue weighted by molar-refractivity contribution is 5.83. The summed E-state index contributed by atoms with van der Waals surface area (Å²) < 4.78 is 0. The smallest absolute Gasteiger partial charge is 0.167 e. The molecule has 0 radical (unpaired) electrons. The van der Waals surface area contributed by atoms with Gasteiger partial charge in [-0.2, -0.15) is 0 Å². The first-order valence-corrected chi connectivity index (χ1v) is 3.84. The van der Waals surface area contributed by atoms with E-state index < -0.39 is 0 Å². The van der Waals surface area contributed by atoms with Crippen LogP contribution in [0.5, 0.6) is 0 Å². The van der Waals surface area contributed by atoms with Crippen LogP contribution in [-0.2, 0) is 4.84 Å². The van der Waals surface area contributed by atoms with Crippen LogP contribution in [0.2, 0.25) is 0 Å². The minimum atomic E-state index is -0.200. The van der Waals surface area contributed by atoms with E-state index in [2.05, 4.69) is 37.2 Å². The Bertz CT molecular complexity index is 265. The molecule has 1 heterocycles. The molecule has 1 aliphatic carbocycles. The molecule has 0 aromatic carbocycles. The maximum atomic E-state index is 5.31. The number of hydrogen-bond donors (Lipinski definition) is 0. The molecule has 2 aliphatic rings. The molecule has 0 amide bonds. The van der Waals surface area contributed by atoms with Crippen molar-refractivity contribution in [1.29, 1.82) is 0 Å². The van der Waals surface area contributed by atoms with Crippen molar-refractivity contribution in [3.05, 3.63) is 23.8 Å². The summed E-state index contributed by atoms with van der Waals surface area (Å²) in [6, 6.07) is 0. The van der Waals surface area contributed by atoms with E-state index in [9.17, 15) is 0 Å². The van der Waals surface area contributed by atoms with Crippen LogP contribution in [0.1, 0.15) is 13.8 Å². The summed E-state index contributed by atoms with van der Waals surface area (Å²) in [5.41, 5.74) is 0.974. The lowest BCUT2D eigenvalue weighted by Crippen LogP contribution is -2.34. The molecule has 0 saturated heterocycles. The molecule has 2 atom stereocenters. The lowest BCUT2D eigenvalue weighted by molar-refractivity contribution is -0.00760. The van der Waals surface area contributed by atoms with Gasteiger partial charge in [0.25, 0.3) is 0 Å². The van der Waals surface area contributed by atoms with Crippen LogP contribution in [-0.4, -0.2) is 11.8 Å². The monoisotopic (exact) mass is 149 g/mol. The van der Waals surface area contributed by atoms with E-state index in [0.29, 0.717) is 5.92 Å². The van der Waals surface area contributed by atoms with Gasteiger partial charge in [-0.05, 0) is 6.92 Å². The first-order chi connectivity index (χ1) is 5.23. The zero-order valence-electron chi connectivity index (χ0n) is 6.74. The lowest BCUT2D eigenvalue weighted by atomic mass is 9.81. The molecule has 0 N–H and O–H groups in total. The molecular formula is C9H11NO. The van der Waals surface area contributed by atoms with Crippen molar-refractivity contribution in [2.75, 3.05) is 0 Å². The Balaban J connectivity index is 2.43. The Hall–Kier alpha value is -1.05. The van der Waals surface area contributed by atoms with Gasteiger partial charge in [-0.25, -0.2) is 0 Å².